The van der Waals surface area contributed by atoms with E-state index in [1.54, 1.807) is 0 Å². The minimum Gasteiger partial charge on any atom is -0.387 e. The molecule has 0 radical (unpaired) electrons. The van der Waals surface area contributed by atoms with Crippen LogP contribution in [-0.4, -0.2) is 39.6 Å². The second kappa shape index (κ2) is 3.27. The molecule has 7 heteroatoms. The summed E-state index contributed by atoms with van der Waals surface area (Å²) < 4.78 is 12.1. The van der Waals surface area contributed by atoms with Gasteiger partial charge in [-0.3, -0.25) is 4.57 Å². The molecule has 4 atom stereocenters. The predicted octanol–water partition coefficient (Wildman–Crippen LogP) is -1.52. The largest absolute Gasteiger partial charge is 0.387 e. The van der Waals surface area contributed by atoms with Gasteiger partial charge in [-0.1, -0.05) is 0 Å². The van der Waals surface area contributed by atoms with Crippen molar-refractivity contribution in [2.45, 2.75) is 24.5 Å². The van der Waals surface area contributed by atoms with E-state index in [4.69, 9.17) is 15.2 Å². The topological polar surface area (TPSA) is 99.6 Å². The molecule has 0 saturated carbocycles. The fourth-order valence-electron chi connectivity index (χ4n) is 2.09. The fraction of sp³-hybridized carbons (Fsp3) is 0.556. The summed E-state index contributed by atoms with van der Waals surface area (Å²) >= 11 is 0. The molecule has 2 bridgehead atoms. The number of nitrogens with two attached hydrogens (primary N) is 1. The molecule has 16 heavy (non-hydrogen) atoms. The maximum absolute atomic E-state index is 11.6. The molecule has 3 heterocycles. The highest BCUT2D eigenvalue weighted by atomic mass is 16.6. The molecule has 0 unspecified atom stereocenters. The van der Waals surface area contributed by atoms with Gasteiger partial charge in [-0.25, -0.2) is 4.79 Å². The first-order valence-electron chi connectivity index (χ1n) is 4.96. The van der Waals surface area contributed by atoms with Crippen molar-refractivity contribution in [2.24, 2.45) is 0 Å². The third-order valence-corrected chi connectivity index (χ3v) is 2.89. The van der Waals surface area contributed by atoms with Crippen LogP contribution in [0.1, 0.15) is 6.23 Å². The van der Waals surface area contributed by atoms with E-state index in [0.29, 0.717) is 6.61 Å². The number of hydrogen-bond donors (Lipinski definition) is 2. The fourth-order valence-corrected chi connectivity index (χ4v) is 2.09. The van der Waals surface area contributed by atoms with E-state index in [0.717, 1.165) is 0 Å². The highest BCUT2D eigenvalue weighted by Gasteiger charge is 2.51. The molecule has 0 spiro atoms. The summed E-state index contributed by atoms with van der Waals surface area (Å²) in [4.78, 5) is 15.2. The van der Waals surface area contributed by atoms with Gasteiger partial charge < -0.3 is 20.3 Å². The van der Waals surface area contributed by atoms with E-state index in [-0.39, 0.29) is 11.9 Å². The molecule has 1 aromatic rings. The quantitative estimate of drug-likeness (QED) is 0.602. The number of aliphatic hydroxyl groups is 1. The zero-order valence-electron chi connectivity index (χ0n) is 8.31. The van der Waals surface area contributed by atoms with Crippen LogP contribution in [0.2, 0.25) is 0 Å². The van der Waals surface area contributed by atoms with Gasteiger partial charge in [-0.05, 0) is 6.07 Å². The molecule has 2 saturated heterocycles. The second-order valence-electron chi connectivity index (χ2n) is 3.90. The van der Waals surface area contributed by atoms with Crippen LogP contribution in [0.5, 0.6) is 0 Å². The van der Waals surface area contributed by atoms with Crippen LogP contribution in [0.15, 0.2) is 17.1 Å². The average molecular weight is 225 g/mol. The van der Waals surface area contributed by atoms with E-state index >= 15 is 0 Å². The molecule has 7 nitrogen and oxygen atoms in total. The summed E-state index contributed by atoms with van der Waals surface area (Å²) in [6.45, 7) is 0.361. The van der Waals surface area contributed by atoms with Crippen LogP contribution >= 0.6 is 0 Å². The van der Waals surface area contributed by atoms with Crippen molar-refractivity contribution in [1.29, 1.82) is 0 Å². The molecule has 0 aromatic carbocycles. The first kappa shape index (κ1) is 9.76. The zero-order chi connectivity index (χ0) is 11.3. The maximum atomic E-state index is 11.6. The van der Waals surface area contributed by atoms with Crippen molar-refractivity contribution in [3.63, 3.8) is 0 Å². The Kier molecular flexibility index (Phi) is 2.00. The molecule has 2 aliphatic rings. The third kappa shape index (κ3) is 1.26. The Morgan fingerprint density at radius 2 is 2.44 bits per heavy atom. The summed E-state index contributed by atoms with van der Waals surface area (Å²) in [5, 5.41) is 9.70. The Balaban J connectivity index is 1.97. The van der Waals surface area contributed by atoms with Gasteiger partial charge in [0, 0.05) is 6.20 Å². The maximum Gasteiger partial charge on any atom is 0.351 e. The zero-order valence-corrected chi connectivity index (χ0v) is 8.31. The Hall–Kier alpha value is -1.44. The Bertz CT molecular complexity index is 474. The number of fused-ring (bicyclic) bond motifs is 2. The first-order valence-corrected chi connectivity index (χ1v) is 4.96. The van der Waals surface area contributed by atoms with Crippen LogP contribution in [0.4, 0.5) is 5.82 Å². The number of nitrogens with zero attached hydrogens (tertiary/aromatic N) is 2. The van der Waals surface area contributed by atoms with Crippen molar-refractivity contribution >= 4 is 5.82 Å². The highest BCUT2D eigenvalue weighted by molar-refractivity contribution is 5.23. The van der Waals surface area contributed by atoms with Crippen LogP contribution in [-0.2, 0) is 9.47 Å². The van der Waals surface area contributed by atoms with Crippen molar-refractivity contribution in [2.75, 3.05) is 12.3 Å². The summed E-state index contributed by atoms with van der Waals surface area (Å²) in [6.07, 6.45) is -0.678. The summed E-state index contributed by atoms with van der Waals surface area (Å²) in [6, 6.07) is 1.50. The minimum atomic E-state index is -0.686. The third-order valence-electron chi connectivity index (χ3n) is 2.89. The van der Waals surface area contributed by atoms with E-state index in [1.165, 1.54) is 16.8 Å². The average Bonchev–Trinajstić information content (AvgIpc) is 2.74. The van der Waals surface area contributed by atoms with Gasteiger partial charge in [-0.2, -0.15) is 4.98 Å². The molecular formula is C9H11N3O4. The van der Waals surface area contributed by atoms with Gasteiger partial charge in [0.15, 0.2) is 6.23 Å². The second-order valence-corrected chi connectivity index (χ2v) is 3.90. The molecule has 2 aliphatic heterocycles. The molecule has 3 N–H and O–H groups in total. The number of ether oxygens (including phenoxy) is 2. The molecule has 86 valence electrons. The number of anilines is 1. The Morgan fingerprint density at radius 1 is 1.62 bits per heavy atom. The molecule has 1 aromatic heterocycles. The van der Waals surface area contributed by atoms with Gasteiger partial charge >= 0.3 is 5.69 Å². The number of aliphatic hydroxyl groups excluding tert-OH is 1. The van der Waals surface area contributed by atoms with E-state index < -0.39 is 24.1 Å². The Morgan fingerprint density at radius 3 is 3.00 bits per heavy atom. The number of hydrogen-bond acceptors (Lipinski definition) is 6. The van der Waals surface area contributed by atoms with Crippen LogP contribution < -0.4 is 11.4 Å². The molecule has 0 aliphatic carbocycles. The lowest BCUT2D eigenvalue weighted by molar-refractivity contribution is -0.128. The normalized spacial score (nSPS) is 36.8. The summed E-state index contributed by atoms with van der Waals surface area (Å²) in [5.74, 6) is 0.158. The molecule has 3 rings (SSSR count). The predicted molar refractivity (Wildman–Crippen MR) is 52.6 cm³/mol. The lowest BCUT2D eigenvalue weighted by atomic mass is 10.2. The van der Waals surface area contributed by atoms with Gasteiger partial charge in [0.1, 0.15) is 24.1 Å². The Labute approximate surface area is 90.4 Å². The minimum absolute atomic E-state index is 0.158. The summed E-state index contributed by atoms with van der Waals surface area (Å²) in [7, 11) is 0. The van der Waals surface area contributed by atoms with Gasteiger partial charge in [0.2, 0.25) is 0 Å². The first-order chi connectivity index (χ1) is 7.66. The van der Waals surface area contributed by atoms with E-state index in [2.05, 4.69) is 4.98 Å². The highest BCUT2D eigenvalue weighted by Crippen LogP contribution is 2.36. The van der Waals surface area contributed by atoms with Crippen molar-refractivity contribution in [3.05, 3.63) is 22.7 Å². The summed E-state index contributed by atoms with van der Waals surface area (Å²) in [5.41, 5.74) is 4.88. The monoisotopic (exact) mass is 225 g/mol. The van der Waals surface area contributed by atoms with Crippen LogP contribution in [0.3, 0.4) is 0 Å². The smallest absolute Gasteiger partial charge is 0.351 e. The molecule has 0 amide bonds. The lowest BCUT2D eigenvalue weighted by Gasteiger charge is -2.23. The van der Waals surface area contributed by atoms with Gasteiger partial charge in [0.25, 0.3) is 0 Å². The van der Waals surface area contributed by atoms with Crippen molar-refractivity contribution in [3.8, 4) is 0 Å². The van der Waals surface area contributed by atoms with Gasteiger partial charge in [-0.15, -0.1) is 0 Å². The standard InChI is InChI=1S/C9H11N3O4/c10-5-1-2-12(9(14)11-5)8-7-6(13)4(16-8)3-15-7/h1-2,4,6-8,13H,3H2,(H2,10,11,14)/t4-,6+,7-,8-/m0/s1. The number of aromatic nitrogens is 2. The van der Waals surface area contributed by atoms with E-state index in [1.807, 2.05) is 0 Å². The van der Waals surface area contributed by atoms with Crippen molar-refractivity contribution < 1.29 is 14.6 Å². The SMILES string of the molecule is Nc1ccn([C@H]2O[C@H]3CO[C@H]2[C@@H]3O)c(=O)n1. The van der Waals surface area contributed by atoms with Gasteiger partial charge in [0.05, 0.1) is 6.61 Å². The van der Waals surface area contributed by atoms with Crippen LogP contribution in [0, 0.1) is 0 Å². The molecule has 2 fully saturated rings. The molecular weight excluding hydrogens is 214 g/mol. The number of nitrogen functional groups attached to an aromatic ring is 1. The van der Waals surface area contributed by atoms with E-state index in [9.17, 15) is 9.90 Å². The number of rotatable bonds is 1. The van der Waals surface area contributed by atoms with Crippen molar-refractivity contribution in [1.82, 2.24) is 9.55 Å². The lowest BCUT2D eigenvalue weighted by Crippen LogP contribution is -2.35. The van der Waals surface area contributed by atoms with Crippen LogP contribution in [0.25, 0.3) is 0 Å².